The Bertz CT molecular complexity index is 1130. The van der Waals surface area contributed by atoms with Crippen molar-refractivity contribution < 1.29 is 18.0 Å². The number of amides is 1. The van der Waals surface area contributed by atoms with Gasteiger partial charge in [-0.3, -0.25) is 4.79 Å². The van der Waals surface area contributed by atoms with Crippen LogP contribution in [-0.4, -0.2) is 37.1 Å². The largest absolute Gasteiger partial charge is 0.416 e. The van der Waals surface area contributed by atoms with Crippen molar-refractivity contribution in [2.24, 2.45) is 0 Å². The molecule has 168 valence electrons. The standard InChI is InChI=1S/C23H24F3N5O/c1-14-11-15(2)28-22(27-14)31-16(3)12-19(29-31)21(32)30-10-5-4-9-20(30)17-7-6-8-18(13-17)23(24,25)26/h6-8,11-13,20H,4-5,9-10H2,1-3H3. The molecule has 0 N–H and O–H groups in total. The topological polar surface area (TPSA) is 63.9 Å². The van der Waals surface area contributed by atoms with Gasteiger partial charge < -0.3 is 4.90 Å². The van der Waals surface area contributed by atoms with Gasteiger partial charge in [-0.2, -0.15) is 18.3 Å². The lowest BCUT2D eigenvalue weighted by Gasteiger charge is -2.36. The number of benzene rings is 1. The van der Waals surface area contributed by atoms with Crippen LogP contribution in [0.15, 0.2) is 36.4 Å². The average Bonchev–Trinajstić information content (AvgIpc) is 3.14. The van der Waals surface area contributed by atoms with Gasteiger partial charge in [-0.15, -0.1) is 0 Å². The number of aryl methyl sites for hydroxylation is 3. The van der Waals surface area contributed by atoms with Crippen LogP contribution in [0, 0.1) is 20.8 Å². The number of halogens is 3. The summed E-state index contributed by atoms with van der Waals surface area (Å²) in [5.41, 5.74) is 2.28. The smallest absolute Gasteiger partial charge is 0.330 e. The Kier molecular flexibility index (Phi) is 5.75. The van der Waals surface area contributed by atoms with Crippen LogP contribution in [0.4, 0.5) is 13.2 Å². The molecule has 2 aromatic heterocycles. The first-order valence-electron chi connectivity index (χ1n) is 10.5. The summed E-state index contributed by atoms with van der Waals surface area (Å²) in [5.74, 6) is 0.0745. The van der Waals surface area contributed by atoms with Crippen LogP contribution >= 0.6 is 0 Å². The maximum atomic E-state index is 13.4. The molecule has 0 aliphatic carbocycles. The first-order valence-corrected chi connectivity index (χ1v) is 10.5. The maximum absolute atomic E-state index is 13.4. The highest BCUT2D eigenvalue weighted by Gasteiger charge is 2.34. The summed E-state index contributed by atoms with van der Waals surface area (Å²) in [6, 6.07) is 8.32. The molecule has 1 fully saturated rings. The van der Waals surface area contributed by atoms with E-state index in [0.29, 0.717) is 30.2 Å². The van der Waals surface area contributed by atoms with Gasteiger partial charge >= 0.3 is 6.18 Å². The van der Waals surface area contributed by atoms with Crippen molar-refractivity contribution in [3.8, 4) is 5.95 Å². The Balaban J connectivity index is 1.66. The normalized spacial score (nSPS) is 16.9. The van der Waals surface area contributed by atoms with Gasteiger partial charge in [-0.1, -0.05) is 12.1 Å². The molecule has 4 rings (SSSR count). The summed E-state index contributed by atoms with van der Waals surface area (Å²) in [5, 5.41) is 4.44. The highest BCUT2D eigenvalue weighted by Crippen LogP contribution is 2.36. The number of piperidine rings is 1. The molecule has 1 aromatic carbocycles. The van der Waals surface area contributed by atoms with Gasteiger partial charge in [0.1, 0.15) is 0 Å². The molecule has 32 heavy (non-hydrogen) atoms. The Morgan fingerprint density at radius 2 is 1.75 bits per heavy atom. The van der Waals surface area contributed by atoms with E-state index in [2.05, 4.69) is 15.1 Å². The van der Waals surface area contributed by atoms with Crippen LogP contribution in [0.3, 0.4) is 0 Å². The van der Waals surface area contributed by atoms with Crippen molar-refractivity contribution >= 4 is 5.91 Å². The number of alkyl halides is 3. The monoisotopic (exact) mass is 443 g/mol. The summed E-state index contributed by atoms with van der Waals surface area (Å²) in [4.78, 5) is 23.8. The van der Waals surface area contributed by atoms with Crippen molar-refractivity contribution in [3.05, 3.63) is 70.3 Å². The number of hydrogen-bond donors (Lipinski definition) is 0. The van der Waals surface area contributed by atoms with Crippen molar-refractivity contribution in [1.82, 2.24) is 24.6 Å². The zero-order valence-corrected chi connectivity index (χ0v) is 18.1. The van der Waals surface area contributed by atoms with Crippen LogP contribution in [-0.2, 0) is 6.18 Å². The Morgan fingerprint density at radius 3 is 2.44 bits per heavy atom. The number of carbonyl (C=O) groups excluding carboxylic acids is 1. The number of carbonyl (C=O) groups is 1. The van der Waals surface area contributed by atoms with Crippen molar-refractivity contribution in [2.75, 3.05) is 6.54 Å². The van der Waals surface area contributed by atoms with Gasteiger partial charge in [-0.05, 0) is 69.9 Å². The third kappa shape index (κ3) is 4.37. The second-order valence-corrected chi connectivity index (χ2v) is 8.17. The van der Waals surface area contributed by atoms with Gasteiger partial charge in [0.05, 0.1) is 11.6 Å². The molecule has 9 heteroatoms. The second kappa shape index (κ2) is 8.37. The molecule has 1 atom stereocenters. The van der Waals surface area contributed by atoms with Crippen LogP contribution in [0.25, 0.3) is 5.95 Å². The molecule has 3 heterocycles. The summed E-state index contributed by atoms with van der Waals surface area (Å²) in [7, 11) is 0. The van der Waals surface area contributed by atoms with E-state index in [1.165, 1.54) is 10.7 Å². The van der Waals surface area contributed by atoms with Crippen LogP contribution < -0.4 is 0 Å². The predicted molar refractivity (Wildman–Crippen MR) is 112 cm³/mol. The van der Waals surface area contributed by atoms with Gasteiger partial charge in [0.2, 0.25) is 0 Å². The lowest BCUT2D eigenvalue weighted by molar-refractivity contribution is -0.137. The molecule has 0 radical (unpaired) electrons. The minimum Gasteiger partial charge on any atom is -0.330 e. The quantitative estimate of drug-likeness (QED) is 0.573. The average molecular weight is 443 g/mol. The number of nitrogens with zero attached hydrogens (tertiary/aromatic N) is 5. The Morgan fingerprint density at radius 1 is 1.03 bits per heavy atom. The Hall–Kier alpha value is -3.23. The Labute approximate surface area is 184 Å². The third-order valence-corrected chi connectivity index (χ3v) is 5.63. The van der Waals surface area contributed by atoms with Crippen molar-refractivity contribution in [1.29, 1.82) is 0 Å². The van der Waals surface area contributed by atoms with E-state index >= 15 is 0 Å². The molecular formula is C23H24F3N5O. The molecule has 1 aliphatic heterocycles. The fraction of sp³-hybridized carbons (Fsp3) is 0.391. The van der Waals surface area contributed by atoms with E-state index < -0.39 is 17.8 Å². The summed E-state index contributed by atoms with van der Waals surface area (Å²) >= 11 is 0. The minimum absolute atomic E-state index is 0.226. The zero-order chi connectivity index (χ0) is 23.0. The SMILES string of the molecule is Cc1cc(C)nc(-n2nc(C(=O)N3CCCCC3c3cccc(C(F)(F)F)c3)cc2C)n1. The zero-order valence-electron chi connectivity index (χ0n) is 18.1. The van der Waals surface area contributed by atoms with Gasteiger partial charge in [-0.25, -0.2) is 14.6 Å². The summed E-state index contributed by atoms with van der Waals surface area (Å²) in [6.45, 7) is 5.99. The fourth-order valence-corrected chi connectivity index (χ4v) is 4.17. The predicted octanol–water partition coefficient (Wildman–Crippen LogP) is 4.97. The van der Waals surface area contributed by atoms with E-state index in [0.717, 1.165) is 36.4 Å². The highest BCUT2D eigenvalue weighted by molar-refractivity contribution is 5.93. The molecule has 1 saturated heterocycles. The van der Waals surface area contributed by atoms with Gasteiger partial charge in [0.25, 0.3) is 11.9 Å². The van der Waals surface area contributed by atoms with Crippen LogP contribution in [0.1, 0.15) is 64.0 Å². The number of rotatable bonds is 3. The molecule has 1 aliphatic rings. The number of hydrogen-bond acceptors (Lipinski definition) is 4. The van der Waals surface area contributed by atoms with E-state index in [1.807, 2.05) is 26.8 Å². The molecule has 0 saturated carbocycles. The van der Waals surface area contributed by atoms with E-state index in [-0.39, 0.29) is 11.6 Å². The summed E-state index contributed by atoms with van der Waals surface area (Å²) in [6.07, 6.45) is -2.19. The number of likely N-dealkylation sites (tertiary alicyclic amines) is 1. The van der Waals surface area contributed by atoms with E-state index in [1.54, 1.807) is 17.0 Å². The van der Waals surface area contributed by atoms with Crippen molar-refractivity contribution in [2.45, 2.75) is 52.3 Å². The fourth-order valence-electron chi connectivity index (χ4n) is 4.17. The van der Waals surface area contributed by atoms with E-state index in [9.17, 15) is 18.0 Å². The molecular weight excluding hydrogens is 419 g/mol. The lowest BCUT2D eigenvalue weighted by Crippen LogP contribution is -2.38. The molecule has 3 aromatic rings. The van der Waals surface area contributed by atoms with Crippen molar-refractivity contribution in [3.63, 3.8) is 0 Å². The van der Waals surface area contributed by atoms with Gasteiger partial charge in [0, 0.05) is 23.6 Å². The minimum atomic E-state index is -4.43. The second-order valence-electron chi connectivity index (χ2n) is 8.17. The van der Waals surface area contributed by atoms with Crippen LogP contribution in [0.2, 0.25) is 0 Å². The highest BCUT2D eigenvalue weighted by atomic mass is 19.4. The van der Waals surface area contributed by atoms with Crippen LogP contribution in [0.5, 0.6) is 0 Å². The molecule has 6 nitrogen and oxygen atoms in total. The summed E-state index contributed by atoms with van der Waals surface area (Å²) < 4.78 is 41.2. The molecule has 1 amide bonds. The van der Waals surface area contributed by atoms with Gasteiger partial charge in [0.15, 0.2) is 5.69 Å². The number of aromatic nitrogens is 4. The molecule has 0 bridgehead atoms. The lowest BCUT2D eigenvalue weighted by atomic mass is 9.93. The maximum Gasteiger partial charge on any atom is 0.416 e. The first-order chi connectivity index (χ1) is 15.1. The van der Waals surface area contributed by atoms with E-state index in [4.69, 9.17) is 0 Å². The third-order valence-electron chi connectivity index (χ3n) is 5.63. The molecule has 0 spiro atoms. The molecule has 1 unspecified atom stereocenters. The first kappa shape index (κ1) is 22.0.